The van der Waals surface area contributed by atoms with E-state index in [9.17, 15) is 5.11 Å². The molecule has 1 saturated carbocycles. The zero-order valence-electron chi connectivity index (χ0n) is 10.0. The summed E-state index contributed by atoms with van der Waals surface area (Å²) in [7, 11) is 0. The molecule has 1 aliphatic carbocycles. The standard InChI is InChI=1S/C13H22N2O/c1-2-15-7-3-4-12(15)10-14-9-11-5-6-13(16)8-11/h3-4,7,11,13-14,16H,2,5-6,8-10H2,1H3. The monoisotopic (exact) mass is 222 g/mol. The number of nitrogens with zero attached hydrogens (tertiary/aromatic N) is 1. The predicted octanol–water partition coefficient (Wildman–Crippen LogP) is 1.76. The Morgan fingerprint density at radius 3 is 3.06 bits per heavy atom. The second-order valence-electron chi connectivity index (χ2n) is 4.75. The molecule has 1 heterocycles. The van der Waals surface area contributed by atoms with Crippen LogP contribution in [0.2, 0.25) is 0 Å². The molecule has 1 aliphatic rings. The van der Waals surface area contributed by atoms with Crippen molar-refractivity contribution in [1.29, 1.82) is 0 Å². The van der Waals surface area contributed by atoms with Gasteiger partial charge >= 0.3 is 0 Å². The molecule has 0 bridgehead atoms. The van der Waals surface area contributed by atoms with Gasteiger partial charge in [-0.15, -0.1) is 0 Å². The van der Waals surface area contributed by atoms with E-state index < -0.39 is 0 Å². The summed E-state index contributed by atoms with van der Waals surface area (Å²) in [5.74, 6) is 0.667. The second kappa shape index (κ2) is 5.51. The molecule has 2 unspecified atom stereocenters. The maximum atomic E-state index is 9.43. The summed E-state index contributed by atoms with van der Waals surface area (Å²) in [5, 5.41) is 12.9. The number of aliphatic hydroxyl groups excluding tert-OH is 1. The maximum absolute atomic E-state index is 9.43. The van der Waals surface area contributed by atoms with E-state index >= 15 is 0 Å². The lowest BCUT2D eigenvalue weighted by Crippen LogP contribution is -2.22. The van der Waals surface area contributed by atoms with Crippen molar-refractivity contribution in [2.24, 2.45) is 5.92 Å². The molecule has 0 aliphatic heterocycles. The van der Waals surface area contributed by atoms with Crippen LogP contribution >= 0.6 is 0 Å². The summed E-state index contributed by atoms with van der Waals surface area (Å²) >= 11 is 0. The van der Waals surface area contributed by atoms with E-state index in [0.29, 0.717) is 5.92 Å². The van der Waals surface area contributed by atoms with Gasteiger partial charge in [-0.25, -0.2) is 0 Å². The van der Waals surface area contributed by atoms with Gasteiger partial charge in [-0.05, 0) is 50.8 Å². The molecule has 2 N–H and O–H groups in total. The van der Waals surface area contributed by atoms with Gasteiger partial charge in [0, 0.05) is 25.0 Å². The van der Waals surface area contributed by atoms with Crippen molar-refractivity contribution >= 4 is 0 Å². The Morgan fingerprint density at radius 2 is 2.38 bits per heavy atom. The van der Waals surface area contributed by atoms with Gasteiger partial charge in [-0.3, -0.25) is 0 Å². The molecule has 1 aromatic heterocycles. The number of nitrogens with one attached hydrogen (secondary N) is 1. The Labute approximate surface area is 97.5 Å². The fourth-order valence-corrected chi connectivity index (χ4v) is 2.56. The summed E-state index contributed by atoms with van der Waals surface area (Å²) in [6.45, 7) is 5.17. The minimum absolute atomic E-state index is 0.0497. The first kappa shape index (κ1) is 11.7. The molecule has 0 spiro atoms. The number of aliphatic hydroxyl groups is 1. The molecule has 0 saturated heterocycles. The molecule has 2 rings (SSSR count). The van der Waals surface area contributed by atoms with Crippen LogP contribution in [0.5, 0.6) is 0 Å². The molecule has 1 aromatic rings. The van der Waals surface area contributed by atoms with Gasteiger partial charge in [-0.1, -0.05) is 0 Å². The van der Waals surface area contributed by atoms with Gasteiger partial charge < -0.3 is 15.0 Å². The molecule has 16 heavy (non-hydrogen) atoms. The summed E-state index contributed by atoms with van der Waals surface area (Å²) in [6, 6.07) is 4.26. The van der Waals surface area contributed by atoms with Crippen molar-refractivity contribution in [3.63, 3.8) is 0 Å². The van der Waals surface area contributed by atoms with Crippen molar-refractivity contribution < 1.29 is 5.11 Å². The molecule has 0 amide bonds. The van der Waals surface area contributed by atoms with E-state index in [2.05, 4.69) is 35.1 Å². The van der Waals surface area contributed by atoms with E-state index in [-0.39, 0.29) is 6.10 Å². The lowest BCUT2D eigenvalue weighted by molar-refractivity contribution is 0.177. The minimum atomic E-state index is -0.0497. The lowest BCUT2D eigenvalue weighted by atomic mass is 10.1. The lowest BCUT2D eigenvalue weighted by Gasteiger charge is -2.12. The Kier molecular flexibility index (Phi) is 4.02. The first-order valence-electron chi connectivity index (χ1n) is 6.32. The molecule has 0 aromatic carbocycles. The number of aryl methyl sites for hydroxylation is 1. The van der Waals surface area contributed by atoms with Crippen LogP contribution in [0, 0.1) is 5.92 Å². The van der Waals surface area contributed by atoms with Crippen LogP contribution in [0.15, 0.2) is 18.3 Å². The highest BCUT2D eigenvalue weighted by Crippen LogP contribution is 2.24. The van der Waals surface area contributed by atoms with Crippen LogP contribution in [0.1, 0.15) is 31.9 Å². The first-order valence-corrected chi connectivity index (χ1v) is 6.32. The summed E-state index contributed by atoms with van der Waals surface area (Å²) < 4.78 is 2.26. The van der Waals surface area contributed by atoms with Crippen molar-refractivity contribution in [1.82, 2.24) is 9.88 Å². The van der Waals surface area contributed by atoms with Gasteiger partial charge in [0.05, 0.1) is 6.10 Å². The molecule has 2 atom stereocenters. The van der Waals surface area contributed by atoms with Crippen molar-refractivity contribution in [3.05, 3.63) is 24.0 Å². The third kappa shape index (κ3) is 2.86. The van der Waals surface area contributed by atoms with Crippen LogP contribution in [0.4, 0.5) is 0 Å². The Balaban J connectivity index is 1.72. The molecular formula is C13H22N2O. The minimum Gasteiger partial charge on any atom is -0.393 e. The van der Waals surface area contributed by atoms with Gasteiger partial charge in [0.1, 0.15) is 0 Å². The summed E-state index contributed by atoms with van der Waals surface area (Å²) in [6.07, 6.45) is 5.20. The number of hydrogen-bond acceptors (Lipinski definition) is 2. The highest BCUT2D eigenvalue weighted by atomic mass is 16.3. The highest BCUT2D eigenvalue weighted by Gasteiger charge is 2.21. The normalized spacial score (nSPS) is 25.1. The average Bonchev–Trinajstić information content (AvgIpc) is 2.87. The van der Waals surface area contributed by atoms with Gasteiger partial charge in [0.2, 0.25) is 0 Å². The molecule has 0 radical (unpaired) electrons. The Hall–Kier alpha value is -0.800. The van der Waals surface area contributed by atoms with Crippen LogP contribution in [-0.4, -0.2) is 22.3 Å². The largest absolute Gasteiger partial charge is 0.393 e. The topological polar surface area (TPSA) is 37.2 Å². The quantitative estimate of drug-likeness (QED) is 0.796. The van der Waals surface area contributed by atoms with Crippen LogP contribution in [0.3, 0.4) is 0 Å². The predicted molar refractivity (Wildman–Crippen MR) is 65.2 cm³/mol. The third-order valence-electron chi connectivity index (χ3n) is 3.52. The van der Waals surface area contributed by atoms with Crippen molar-refractivity contribution in [2.75, 3.05) is 6.54 Å². The zero-order chi connectivity index (χ0) is 11.4. The van der Waals surface area contributed by atoms with E-state index in [1.54, 1.807) is 0 Å². The fourth-order valence-electron chi connectivity index (χ4n) is 2.56. The molecular weight excluding hydrogens is 200 g/mol. The van der Waals surface area contributed by atoms with Crippen molar-refractivity contribution in [2.45, 2.75) is 45.4 Å². The molecule has 3 heteroatoms. The van der Waals surface area contributed by atoms with Gasteiger partial charge in [0.15, 0.2) is 0 Å². The Morgan fingerprint density at radius 1 is 1.50 bits per heavy atom. The zero-order valence-corrected chi connectivity index (χ0v) is 10.0. The molecule has 3 nitrogen and oxygen atoms in total. The number of hydrogen-bond donors (Lipinski definition) is 2. The second-order valence-corrected chi connectivity index (χ2v) is 4.75. The van der Waals surface area contributed by atoms with E-state index in [1.165, 1.54) is 12.1 Å². The van der Waals surface area contributed by atoms with E-state index in [1.807, 2.05) is 0 Å². The summed E-state index contributed by atoms with van der Waals surface area (Å²) in [4.78, 5) is 0. The molecule has 90 valence electrons. The smallest absolute Gasteiger partial charge is 0.0543 e. The van der Waals surface area contributed by atoms with Crippen LogP contribution in [-0.2, 0) is 13.1 Å². The van der Waals surface area contributed by atoms with Gasteiger partial charge in [-0.2, -0.15) is 0 Å². The molecule has 1 fully saturated rings. The van der Waals surface area contributed by atoms with Crippen LogP contribution in [0.25, 0.3) is 0 Å². The maximum Gasteiger partial charge on any atom is 0.0543 e. The number of aromatic nitrogens is 1. The summed E-state index contributed by atoms with van der Waals surface area (Å²) in [5.41, 5.74) is 1.35. The van der Waals surface area contributed by atoms with E-state index in [4.69, 9.17) is 0 Å². The van der Waals surface area contributed by atoms with Crippen LogP contribution < -0.4 is 5.32 Å². The van der Waals surface area contributed by atoms with Crippen molar-refractivity contribution in [3.8, 4) is 0 Å². The third-order valence-corrected chi connectivity index (χ3v) is 3.52. The fraction of sp³-hybridized carbons (Fsp3) is 0.692. The SMILES string of the molecule is CCn1cccc1CNCC1CCC(O)C1. The first-order chi connectivity index (χ1) is 7.79. The Bertz CT molecular complexity index is 321. The number of rotatable bonds is 5. The van der Waals surface area contributed by atoms with E-state index in [0.717, 1.165) is 32.5 Å². The average molecular weight is 222 g/mol. The highest BCUT2D eigenvalue weighted by molar-refractivity contribution is 5.06. The van der Waals surface area contributed by atoms with Gasteiger partial charge in [0.25, 0.3) is 0 Å².